The van der Waals surface area contributed by atoms with E-state index in [1.807, 2.05) is 18.7 Å². The van der Waals surface area contributed by atoms with E-state index in [4.69, 9.17) is 4.74 Å². The highest BCUT2D eigenvalue weighted by atomic mass is 19.4. The first-order chi connectivity index (χ1) is 10.8. The van der Waals surface area contributed by atoms with Crippen molar-refractivity contribution in [2.75, 3.05) is 44.2 Å². The van der Waals surface area contributed by atoms with Crippen LogP contribution in [0.1, 0.15) is 20.3 Å². The van der Waals surface area contributed by atoms with Crippen molar-refractivity contribution in [3.63, 3.8) is 0 Å². The van der Waals surface area contributed by atoms with E-state index >= 15 is 0 Å². The third-order valence-corrected chi connectivity index (χ3v) is 3.48. The first-order valence-electron chi connectivity index (χ1n) is 7.82. The molecule has 130 valence electrons. The molecule has 0 aromatic carbocycles. The largest absolute Gasteiger partial charge is 0.476 e. The fourth-order valence-electron chi connectivity index (χ4n) is 2.42. The molecule has 0 radical (unpaired) electrons. The lowest BCUT2D eigenvalue weighted by atomic mass is 10.2. The zero-order valence-corrected chi connectivity index (χ0v) is 13.5. The van der Waals surface area contributed by atoms with Crippen LogP contribution < -0.4 is 9.64 Å². The summed E-state index contributed by atoms with van der Waals surface area (Å²) in [6, 6.07) is 0. The van der Waals surface area contributed by atoms with Gasteiger partial charge in [0.2, 0.25) is 5.88 Å². The average Bonchev–Trinajstić information content (AvgIpc) is 2.69. The molecule has 0 unspecified atom stereocenters. The molecule has 8 heteroatoms. The van der Waals surface area contributed by atoms with E-state index in [2.05, 4.69) is 9.97 Å². The zero-order valence-electron chi connectivity index (χ0n) is 13.5. The normalized spacial score (nSPS) is 17.4. The summed E-state index contributed by atoms with van der Waals surface area (Å²) >= 11 is 0. The highest BCUT2D eigenvalue weighted by Gasteiger charge is 2.31. The summed E-state index contributed by atoms with van der Waals surface area (Å²) in [5.74, 6) is 1.49. The van der Waals surface area contributed by atoms with Gasteiger partial charge in [-0.25, -0.2) is 0 Å². The number of hydrogen-bond acceptors (Lipinski definition) is 5. The van der Waals surface area contributed by atoms with Gasteiger partial charge in [-0.3, -0.25) is 9.88 Å². The SMILES string of the molecule is CC(C)COc1cncc(N2CCCN(CC(F)(F)F)CC2)n1. The molecule has 1 aliphatic heterocycles. The molecule has 0 spiro atoms. The summed E-state index contributed by atoms with van der Waals surface area (Å²) in [5, 5.41) is 0. The molecule has 0 aliphatic carbocycles. The van der Waals surface area contributed by atoms with Crippen LogP contribution >= 0.6 is 0 Å². The predicted molar refractivity (Wildman–Crippen MR) is 81.7 cm³/mol. The maximum atomic E-state index is 12.5. The van der Waals surface area contributed by atoms with Crippen molar-refractivity contribution in [1.29, 1.82) is 0 Å². The number of rotatable bonds is 5. The van der Waals surface area contributed by atoms with Crippen LogP contribution in [0.2, 0.25) is 0 Å². The van der Waals surface area contributed by atoms with Gasteiger partial charge in [-0.1, -0.05) is 13.8 Å². The van der Waals surface area contributed by atoms with E-state index in [1.165, 1.54) is 4.90 Å². The van der Waals surface area contributed by atoms with Crippen molar-refractivity contribution in [2.24, 2.45) is 5.92 Å². The second-order valence-electron chi connectivity index (χ2n) is 6.15. The smallest absolute Gasteiger partial charge is 0.401 e. The maximum absolute atomic E-state index is 12.5. The van der Waals surface area contributed by atoms with Gasteiger partial charge in [-0.05, 0) is 12.3 Å². The van der Waals surface area contributed by atoms with Crippen molar-refractivity contribution in [3.8, 4) is 5.88 Å². The Morgan fingerprint density at radius 3 is 2.65 bits per heavy atom. The van der Waals surface area contributed by atoms with Crippen molar-refractivity contribution >= 4 is 5.82 Å². The Balaban J connectivity index is 1.95. The highest BCUT2D eigenvalue weighted by Crippen LogP contribution is 2.20. The van der Waals surface area contributed by atoms with Crippen LogP contribution in [0.25, 0.3) is 0 Å². The molecular formula is C15H23F3N4O. The van der Waals surface area contributed by atoms with Crippen LogP contribution in [-0.4, -0.2) is 60.4 Å². The Morgan fingerprint density at radius 1 is 1.17 bits per heavy atom. The van der Waals surface area contributed by atoms with Crippen LogP contribution in [-0.2, 0) is 0 Å². The molecule has 1 aliphatic rings. The summed E-state index contributed by atoms with van der Waals surface area (Å²) in [7, 11) is 0. The molecule has 0 saturated carbocycles. The molecule has 5 nitrogen and oxygen atoms in total. The quantitative estimate of drug-likeness (QED) is 0.829. The lowest BCUT2D eigenvalue weighted by molar-refractivity contribution is -0.145. The Labute approximate surface area is 134 Å². The van der Waals surface area contributed by atoms with Crippen LogP contribution in [0.4, 0.5) is 19.0 Å². The number of hydrogen-bond donors (Lipinski definition) is 0. The summed E-state index contributed by atoms with van der Waals surface area (Å²) < 4.78 is 43.1. The van der Waals surface area contributed by atoms with Crippen LogP contribution in [0.5, 0.6) is 5.88 Å². The number of halogens is 3. The molecule has 0 bridgehead atoms. The molecule has 2 rings (SSSR count). The van der Waals surface area contributed by atoms with Gasteiger partial charge in [0.25, 0.3) is 0 Å². The minimum Gasteiger partial charge on any atom is -0.476 e. The molecule has 1 aromatic heterocycles. The van der Waals surface area contributed by atoms with E-state index in [9.17, 15) is 13.2 Å². The predicted octanol–water partition coefficient (Wildman–Crippen LogP) is 2.59. The molecule has 1 fully saturated rings. The van der Waals surface area contributed by atoms with Gasteiger partial charge in [0, 0.05) is 26.2 Å². The molecular weight excluding hydrogens is 309 g/mol. The Bertz CT molecular complexity index is 496. The average molecular weight is 332 g/mol. The second kappa shape index (κ2) is 7.81. The van der Waals surface area contributed by atoms with E-state index < -0.39 is 12.7 Å². The first kappa shape index (κ1) is 17.8. The Kier molecular flexibility index (Phi) is 6.04. The van der Waals surface area contributed by atoms with Crippen LogP contribution in [0, 0.1) is 5.92 Å². The summed E-state index contributed by atoms with van der Waals surface area (Å²) in [4.78, 5) is 11.9. The van der Waals surface area contributed by atoms with E-state index in [1.54, 1.807) is 12.4 Å². The lowest BCUT2D eigenvalue weighted by Gasteiger charge is -2.23. The van der Waals surface area contributed by atoms with E-state index in [-0.39, 0.29) is 0 Å². The zero-order chi connectivity index (χ0) is 16.9. The van der Waals surface area contributed by atoms with Gasteiger partial charge < -0.3 is 9.64 Å². The molecule has 1 aromatic rings. The highest BCUT2D eigenvalue weighted by molar-refractivity contribution is 5.37. The number of ether oxygens (including phenoxy) is 1. The Hall–Kier alpha value is -1.57. The molecule has 0 amide bonds. The molecule has 23 heavy (non-hydrogen) atoms. The number of alkyl halides is 3. The van der Waals surface area contributed by atoms with Crippen LogP contribution in [0.15, 0.2) is 12.4 Å². The molecule has 1 saturated heterocycles. The number of anilines is 1. The summed E-state index contributed by atoms with van der Waals surface area (Å²) in [6.07, 6.45) is -0.310. The fourth-order valence-corrected chi connectivity index (χ4v) is 2.42. The summed E-state index contributed by atoms with van der Waals surface area (Å²) in [5.41, 5.74) is 0. The van der Waals surface area contributed by atoms with Crippen molar-refractivity contribution in [1.82, 2.24) is 14.9 Å². The third-order valence-electron chi connectivity index (χ3n) is 3.48. The van der Waals surface area contributed by atoms with Gasteiger partial charge >= 0.3 is 6.18 Å². The van der Waals surface area contributed by atoms with Gasteiger partial charge in [-0.15, -0.1) is 0 Å². The molecule has 2 heterocycles. The Morgan fingerprint density at radius 2 is 1.96 bits per heavy atom. The van der Waals surface area contributed by atoms with E-state index in [0.29, 0.717) is 56.8 Å². The minimum absolute atomic E-state index is 0.359. The monoisotopic (exact) mass is 332 g/mol. The van der Waals surface area contributed by atoms with Crippen LogP contribution in [0.3, 0.4) is 0 Å². The van der Waals surface area contributed by atoms with Crippen molar-refractivity contribution < 1.29 is 17.9 Å². The topological polar surface area (TPSA) is 41.5 Å². The maximum Gasteiger partial charge on any atom is 0.401 e. The second-order valence-corrected chi connectivity index (χ2v) is 6.15. The van der Waals surface area contributed by atoms with Gasteiger partial charge in [0.15, 0.2) is 5.82 Å². The van der Waals surface area contributed by atoms with Crippen molar-refractivity contribution in [3.05, 3.63) is 12.4 Å². The van der Waals surface area contributed by atoms with Gasteiger partial charge in [0.1, 0.15) is 0 Å². The molecule has 0 N–H and O–H groups in total. The van der Waals surface area contributed by atoms with Crippen molar-refractivity contribution in [2.45, 2.75) is 26.4 Å². The summed E-state index contributed by atoms with van der Waals surface area (Å²) in [6.45, 7) is 5.74. The number of aromatic nitrogens is 2. The molecule has 0 atom stereocenters. The van der Waals surface area contributed by atoms with Gasteiger partial charge in [0.05, 0.1) is 25.5 Å². The fraction of sp³-hybridized carbons (Fsp3) is 0.733. The minimum atomic E-state index is -4.15. The number of nitrogens with zero attached hydrogens (tertiary/aromatic N) is 4. The lowest BCUT2D eigenvalue weighted by Crippen LogP contribution is -2.37. The standard InChI is InChI=1S/C15H23F3N4O/c1-12(2)10-23-14-9-19-8-13(20-14)22-5-3-4-21(6-7-22)11-15(16,17)18/h8-9,12H,3-7,10-11H2,1-2H3. The van der Waals surface area contributed by atoms with Gasteiger partial charge in [-0.2, -0.15) is 18.2 Å². The van der Waals surface area contributed by atoms with E-state index in [0.717, 1.165) is 0 Å². The first-order valence-corrected chi connectivity index (χ1v) is 7.82. The third kappa shape index (κ3) is 6.21.